The molecular formula is C37H44Cl2N2O7. The lowest BCUT2D eigenvalue weighted by molar-refractivity contribution is -0.923. The van der Waals surface area contributed by atoms with Crippen molar-refractivity contribution in [2.45, 2.75) is 37.8 Å². The van der Waals surface area contributed by atoms with Gasteiger partial charge < -0.3 is 51.5 Å². The van der Waals surface area contributed by atoms with E-state index in [9.17, 15) is 10.2 Å². The summed E-state index contributed by atoms with van der Waals surface area (Å²) in [5.74, 6) is 3.16. The predicted molar refractivity (Wildman–Crippen MR) is 183 cm³/mol. The molecule has 48 heavy (non-hydrogen) atoms. The van der Waals surface area contributed by atoms with E-state index in [4.69, 9.17) is 18.9 Å². The number of fused-ring (bicyclic) bond motifs is 5. The van der Waals surface area contributed by atoms with Gasteiger partial charge in [0.05, 0.1) is 40.4 Å². The zero-order valence-electron chi connectivity index (χ0n) is 27.9. The summed E-state index contributed by atoms with van der Waals surface area (Å²) >= 11 is 0. The van der Waals surface area contributed by atoms with Gasteiger partial charge in [-0.1, -0.05) is 18.2 Å². The minimum Gasteiger partial charge on any atom is -1.00 e. The number of hydrogen-bond donors (Lipinski definition) is 2. The van der Waals surface area contributed by atoms with Crippen LogP contribution in [0.2, 0.25) is 0 Å². The summed E-state index contributed by atoms with van der Waals surface area (Å²) in [5, 5.41) is 22.5. The van der Waals surface area contributed by atoms with Crippen LogP contribution in [0.3, 0.4) is 0 Å². The number of hydrogen-bond acceptors (Lipinski definition) is 7. The van der Waals surface area contributed by atoms with Crippen molar-refractivity contribution in [1.82, 2.24) is 4.90 Å². The van der Waals surface area contributed by atoms with Crippen molar-refractivity contribution in [3.63, 3.8) is 0 Å². The maximum atomic E-state index is 11.6. The third-order valence-corrected chi connectivity index (χ3v) is 9.97. The Bertz CT molecular complexity index is 1800. The number of halogens is 2. The topological polar surface area (TPSA) is 112 Å². The quantitative estimate of drug-likeness (QED) is 0.309. The number of aromatic hydroxyl groups is 2. The van der Waals surface area contributed by atoms with E-state index >= 15 is 0 Å². The molecule has 6 bridgehead atoms. The monoisotopic (exact) mass is 698 g/mol. The van der Waals surface area contributed by atoms with Gasteiger partial charge in [0.1, 0.15) is 11.8 Å². The number of nitrogens with zero attached hydrogens (tertiary/aromatic N) is 2. The molecule has 0 spiro atoms. The minimum atomic E-state index is -0.0515. The first kappa shape index (κ1) is 37.0. The fourth-order valence-corrected chi connectivity index (χ4v) is 7.31. The van der Waals surface area contributed by atoms with Crippen LogP contribution in [0.15, 0.2) is 60.7 Å². The number of rotatable bonds is 2. The van der Waals surface area contributed by atoms with Crippen LogP contribution in [0.4, 0.5) is 0 Å². The number of quaternary nitrogens is 1. The van der Waals surface area contributed by atoms with Gasteiger partial charge in [0, 0.05) is 25.4 Å². The third kappa shape index (κ3) is 6.58. The Labute approximate surface area is 294 Å². The van der Waals surface area contributed by atoms with Crippen molar-refractivity contribution >= 4 is 12.4 Å². The van der Waals surface area contributed by atoms with Gasteiger partial charge >= 0.3 is 0 Å². The van der Waals surface area contributed by atoms with Gasteiger partial charge in [-0.25, -0.2) is 0 Å². The van der Waals surface area contributed by atoms with E-state index in [2.05, 4.69) is 50.3 Å². The Balaban J connectivity index is 0.00000173. The Hall–Kier alpha value is -3.86. The molecule has 9 nitrogen and oxygen atoms in total. The van der Waals surface area contributed by atoms with E-state index in [0.29, 0.717) is 45.4 Å². The number of benzene rings is 4. The molecule has 4 N–H and O–H groups in total. The van der Waals surface area contributed by atoms with Gasteiger partial charge in [-0.05, 0) is 90.2 Å². The van der Waals surface area contributed by atoms with Crippen molar-refractivity contribution in [3.05, 3.63) is 94.0 Å². The molecular weight excluding hydrogens is 655 g/mol. The molecule has 0 amide bonds. The zero-order chi connectivity index (χ0) is 31.5. The predicted octanol–water partition coefficient (Wildman–Crippen LogP) is 3.30. The maximum Gasteiger partial charge on any atom is 0.201 e. The zero-order valence-corrected chi connectivity index (χ0v) is 29.5. The second-order valence-electron chi connectivity index (χ2n) is 13.1. The van der Waals surface area contributed by atoms with Crippen LogP contribution in [-0.2, 0) is 25.7 Å². The summed E-state index contributed by atoms with van der Waals surface area (Å²) in [4.78, 5) is 2.37. The molecule has 11 heteroatoms. The van der Waals surface area contributed by atoms with Crippen LogP contribution >= 0.6 is 12.4 Å². The average Bonchev–Trinajstić information content (AvgIpc) is 3.02. The van der Waals surface area contributed by atoms with E-state index in [1.165, 1.54) is 11.1 Å². The molecule has 0 unspecified atom stereocenters. The summed E-state index contributed by atoms with van der Waals surface area (Å²) in [6, 6.07) is 19.8. The van der Waals surface area contributed by atoms with Crippen molar-refractivity contribution in [1.29, 1.82) is 0 Å². The van der Waals surface area contributed by atoms with Gasteiger partial charge in [-0.3, -0.25) is 4.90 Å². The number of phenolic OH excluding ortho intramolecular Hbond substituents is 2. The van der Waals surface area contributed by atoms with E-state index < -0.39 is 0 Å². The molecule has 7 rings (SSSR count). The smallest absolute Gasteiger partial charge is 0.201 e. The number of likely N-dealkylation sites (N-methyl/N-ethyl adjacent to an activating group) is 2. The van der Waals surface area contributed by atoms with Crippen LogP contribution in [0, 0.1) is 0 Å². The maximum absolute atomic E-state index is 11.6. The van der Waals surface area contributed by atoms with E-state index in [1.807, 2.05) is 30.3 Å². The second-order valence-corrected chi connectivity index (χ2v) is 13.1. The highest BCUT2D eigenvalue weighted by Crippen LogP contribution is 2.51. The van der Waals surface area contributed by atoms with Gasteiger partial charge in [0.25, 0.3) is 0 Å². The Morgan fingerprint density at radius 2 is 1.56 bits per heavy atom. The van der Waals surface area contributed by atoms with Crippen LogP contribution in [0.5, 0.6) is 46.0 Å². The lowest BCUT2D eigenvalue weighted by Crippen LogP contribution is -3.00. The summed E-state index contributed by atoms with van der Waals surface area (Å²) in [5.41, 5.74) is 6.59. The highest BCUT2D eigenvalue weighted by atomic mass is 35.5. The van der Waals surface area contributed by atoms with E-state index in [0.717, 1.165) is 54.6 Å². The first-order valence-corrected chi connectivity index (χ1v) is 15.6. The summed E-state index contributed by atoms with van der Waals surface area (Å²) in [6.45, 7) is 1.82. The fraction of sp³-hybridized carbons (Fsp3) is 0.351. The number of methoxy groups -OCH3 is 2. The molecule has 0 radical (unpaired) electrons. The summed E-state index contributed by atoms with van der Waals surface area (Å²) in [7, 11) is 9.81. The van der Waals surface area contributed by atoms with Gasteiger partial charge in [-0.2, -0.15) is 0 Å². The molecule has 4 aromatic carbocycles. The lowest BCUT2D eigenvalue weighted by Gasteiger charge is -2.43. The first-order chi connectivity index (χ1) is 21.6. The summed E-state index contributed by atoms with van der Waals surface area (Å²) < 4.78 is 25.3. The average molecular weight is 700 g/mol. The van der Waals surface area contributed by atoms with Gasteiger partial charge in [-0.15, -0.1) is 12.4 Å². The fourth-order valence-electron chi connectivity index (χ4n) is 7.31. The Kier molecular flexibility index (Phi) is 11.0. The minimum absolute atomic E-state index is 0. The van der Waals surface area contributed by atoms with Gasteiger partial charge in [0.2, 0.25) is 5.75 Å². The molecule has 0 saturated carbocycles. The van der Waals surface area contributed by atoms with Crippen molar-refractivity contribution in [2.75, 3.05) is 48.5 Å². The van der Waals surface area contributed by atoms with Crippen LogP contribution in [0.25, 0.3) is 0 Å². The van der Waals surface area contributed by atoms with Crippen molar-refractivity contribution < 1.29 is 51.5 Å². The highest BCUT2D eigenvalue weighted by Gasteiger charge is 2.41. The molecule has 0 saturated heterocycles. The van der Waals surface area contributed by atoms with Crippen LogP contribution < -0.4 is 31.4 Å². The third-order valence-electron chi connectivity index (χ3n) is 9.97. The molecule has 2 atom stereocenters. The molecule has 3 aliphatic rings. The SMILES string of the molecule is COc1cc2c3cc1Oc1cc(ccc1O)C[C@@H]1c4c(cc(OC)c(O)c4Oc4cccc(c4)C[C@@H]3N(C)CC2)CC[N+]1(C)C.Cl.O.[Cl-]. The molecule has 0 aliphatic carbocycles. The molecule has 0 aromatic heterocycles. The van der Waals surface area contributed by atoms with Crippen LogP contribution in [-0.4, -0.2) is 73.5 Å². The summed E-state index contributed by atoms with van der Waals surface area (Å²) in [6.07, 6.45) is 3.11. The largest absolute Gasteiger partial charge is 1.00 e. The second kappa shape index (κ2) is 14.3. The normalized spacial score (nSPS) is 18.9. The van der Waals surface area contributed by atoms with Gasteiger partial charge in [0.15, 0.2) is 34.5 Å². The van der Waals surface area contributed by atoms with Crippen molar-refractivity contribution in [2.24, 2.45) is 0 Å². The molecule has 4 aromatic rings. The van der Waals surface area contributed by atoms with E-state index in [1.54, 1.807) is 20.3 Å². The lowest BCUT2D eigenvalue weighted by atomic mass is 9.86. The highest BCUT2D eigenvalue weighted by molar-refractivity contribution is 5.85. The number of ether oxygens (including phenoxy) is 4. The van der Waals surface area contributed by atoms with Crippen molar-refractivity contribution in [3.8, 4) is 46.0 Å². The number of phenols is 2. The van der Waals surface area contributed by atoms with Crippen LogP contribution in [0.1, 0.15) is 45.5 Å². The first-order valence-electron chi connectivity index (χ1n) is 15.6. The molecule has 3 aliphatic heterocycles. The van der Waals surface area contributed by atoms with E-state index in [-0.39, 0.29) is 53.9 Å². The Morgan fingerprint density at radius 1 is 0.833 bits per heavy atom. The Morgan fingerprint density at radius 3 is 2.31 bits per heavy atom. The standard InChI is InChI=1S/C37H40N2O6.2ClH.H2O/c1-38-13-11-24-19-32(42-4)33-21-27(24)28(38)16-22-7-6-8-26(15-22)44-37-35-25(20-34(43-5)36(37)41)12-14-39(2,3)29(35)17-23-9-10-30(40)31(18-23)45-33;;;/h6-10,15,18-21,28-29H,11-14,16-17H2,1-5H3,(H-,40,41);2*1H;1H2/t28-,29+;;;/m0.../s1. The molecule has 258 valence electrons. The molecule has 0 fully saturated rings. The molecule has 3 heterocycles.